The second kappa shape index (κ2) is 11.6. The highest BCUT2D eigenvalue weighted by molar-refractivity contribution is 7.92. The Morgan fingerprint density at radius 1 is 0.930 bits per heavy atom. The maximum Gasteiger partial charge on any atom is 0.418 e. The number of carboxylic acid groups (broad SMARTS) is 1. The van der Waals surface area contributed by atoms with Crippen molar-refractivity contribution in [2.24, 2.45) is 5.41 Å². The molecule has 0 unspecified atom stereocenters. The number of carbonyl (C=O) groups is 1. The summed E-state index contributed by atoms with van der Waals surface area (Å²) in [7, 11) is -4.37. The Morgan fingerprint density at radius 2 is 1.60 bits per heavy atom. The number of nitrogens with one attached hydrogen (secondary N) is 1. The van der Waals surface area contributed by atoms with Crippen LogP contribution < -0.4 is 14.4 Å². The van der Waals surface area contributed by atoms with Crippen LogP contribution in [0.25, 0.3) is 11.3 Å². The number of para-hydroxylation sites is 2. The Morgan fingerprint density at radius 3 is 2.28 bits per heavy atom. The molecule has 224 valence electrons. The number of benzene rings is 2. The van der Waals surface area contributed by atoms with Crippen LogP contribution in [0.5, 0.6) is 11.5 Å². The molecule has 0 saturated carbocycles. The number of aromatic nitrogens is 2. The fourth-order valence-corrected chi connectivity index (χ4v) is 5.64. The number of hydrogen-bond acceptors (Lipinski definition) is 7. The van der Waals surface area contributed by atoms with Crippen molar-refractivity contribution in [3.63, 3.8) is 0 Å². The number of anilines is 2. The minimum Gasteiger partial charge on any atom is -0.481 e. The molecule has 0 spiro atoms. The molecule has 43 heavy (non-hydrogen) atoms. The Hall–Kier alpha value is -4.65. The first kappa shape index (κ1) is 29.8. The van der Waals surface area contributed by atoms with Gasteiger partial charge in [-0.25, -0.2) is 9.97 Å². The highest BCUT2D eigenvalue weighted by Gasteiger charge is 2.38. The van der Waals surface area contributed by atoms with Crippen LogP contribution in [0, 0.1) is 5.41 Å². The number of ether oxygens (including phenoxy) is 1. The molecular formula is C30H27F3N4O5S. The molecule has 0 atom stereocenters. The third-order valence-corrected chi connectivity index (χ3v) is 8.50. The fourth-order valence-electron chi connectivity index (χ4n) is 4.68. The van der Waals surface area contributed by atoms with Gasteiger partial charge in [0.2, 0.25) is 0 Å². The minimum absolute atomic E-state index is 0.0123. The molecule has 9 nitrogen and oxygen atoms in total. The minimum atomic E-state index is -4.79. The SMILES string of the molecule is CC1(C(=O)O)CCN(c2cccc(S(=O)(=O)Nc3ccc(C(F)(F)F)c(-c4ccccc4Oc4ccccc4)n3)n2)CC1. The predicted molar refractivity (Wildman–Crippen MR) is 153 cm³/mol. The van der Waals surface area contributed by atoms with Gasteiger partial charge in [-0.2, -0.15) is 21.6 Å². The van der Waals surface area contributed by atoms with E-state index in [0.29, 0.717) is 37.5 Å². The molecule has 1 fully saturated rings. The molecule has 2 aromatic heterocycles. The number of rotatable bonds is 8. The highest BCUT2D eigenvalue weighted by atomic mass is 32.2. The highest BCUT2D eigenvalue weighted by Crippen LogP contribution is 2.41. The van der Waals surface area contributed by atoms with E-state index in [1.54, 1.807) is 54.3 Å². The Bertz CT molecular complexity index is 1740. The van der Waals surface area contributed by atoms with Crippen LogP contribution in [0.2, 0.25) is 0 Å². The summed E-state index contributed by atoms with van der Waals surface area (Å²) in [4.78, 5) is 21.7. The number of piperidine rings is 1. The van der Waals surface area contributed by atoms with E-state index in [9.17, 15) is 31.5 Å². The van der Waals surface area contributed by atoms with Crippen molar-refractivity contribution in [3.05, 3.63) is 90.5 Å². The molecule has 0 aliphatic carbocycles. The summed E-state index contributed by atoms with van der Waals surface area (Å²) in [5.74, 6) is -0.407. The van der Waals surface area contributed by atoms with Gasteiger partial charge >= 0.3 is 12.1 Å². The number of alkyl halides is 3. The topological polar surface area (TPSA) is 122 Å². The largest absolute Gasteiger partial charge is 0.481 e. The quantitative estimate of drug-likeness (QED) is 0.233. The lowest BCUT2D eigenvalue weighted by molar-refractivity contribution is -0.149. The van der Waals surface area contributed by atoms with Gasteiger partial charge < -0.3 is 14.7 Å². The van der Waals surface area contributed by atoms with Gasteiger partial charge in [-0.05, 0) is 68.3 Å². The van der Waals surface area contributed by atoms with Crippen LogP contribution in [0.4, 0.5) is 24.8 Å². The number of pyridine rings is 2. The number of aliphatic carboxylic acids is 1. The lowest BCUT2D eigenvalue weighted by Crippen LogP contribution is -2.43. The normalized spacial score (nSPS) is 15.1. The molecule has 3 heterocycles. The van der Waals surface area contributed by atoms with Gasteiger partial charge in [0.05, 0.1) is 16.7 Å². The van der Waals surface area contributed by atoms with Crippen LogP contribution >= 0.6 is 0 Å². The zero-order valence-corrected chi connectivity index (χ0v) is 23.7. The van der Waals surface area contributed by atoms with Crippen molar-refractivity contribution >= 4 is 27.6 Å². The maximum absolute atomic E-state index is 14.1. The number of halogens is 3. The van der Waals surface area contributed by atoms with Gasteiger partial charge in [0.15, 0.2) is 5.03 Å². The molecule has 0 radical (unpaired) electrons. The van der Waals surface area contributed by atoms with Crippen LogP contribution in [-0.2, 0) is 21.0 Å². The summed E-state index contributed by atoms with van der Waals surface area (Å²) in [6.07, 6.45) is -4.08. The Labute approximate surface area is 246 Å². The van der Waals surface area contributed by atoms with Gasteiger partial charge in [0.25, 0.3) is 10.0 Å². The van der Waals surface area contributed by atoms with Gasteiger partial charge in [0, 0.05) is 18.7 Å². The van der Waals surface area contributed by atoms with Gasteiger partial charge in [-0.3, -0.25) is 9.52 Å². The third kappa shape index (κ3) is 6.56. The summed E-state index contributed by atoms with van der Waals surface area (Å²) in [6.45, 7) is 2.39. The monoisotopic (exact) mass is 612 g/mol. The second-order valence-electron chi connectivity index (χ2n) is 10.3. The second-order valence-corrected chi connectivity index (χ2v) is 11.9. The zero-order valence-electron chi connectivity index (χ0n) is 22.9. The van der Waals surface area contributed by atoms with Crippen LogP contribution in [0.3, 0.4) is 0 Å². The molecular weight excluding hydrogens is 585 g/mol. The van der Waals surface area contributed by atoms with Crippen LogP contribution in [0.15, 0.2) is 90.0 Å². The van der Waals surface area contributed by atoms with Crippen LogP contribution in [-0.4, -0.2) is 42.6 Å². The number of carboxylic acids is 1. The Kier molecular flexibility index (Phi) is 8.02. The molecule has 13 heteroatoms. The number of hydrogen-bond donors (Lipinski definition) is 2. The van der Waals surface area contributed by atoms with E-state index in [1.807, 2.05) is 0 Å². The number of sulfonamides is 1. The molecule has 1 aliphatic rings. The standard InChI is InChI=1S/C30H27F3N4O5S/c1-29(28(38)39)16-18-37(19-17-29)25-12-7-13-26(35-25)43(40,41)36-24-15-14-22(30(31,32)33)27(34-24)21-10-5-6-11-23(21)42-20-8-3-2-4-9-20/h2-15H,16-19H2,1H3,(H,34,36)(H,38,39). The van der Waals surface area contributed by atoms with Crippen molar-refractivity contribution in [2.75, 3.05) is 22.7 Å². The van der Waals surface area contributed by atoms with Crippen molar-refractivity contribution in [1.82, 2.24) is 9.97 Å². The number of nitrogens with zero attached hydrogens (tertiary/aromatic N) is 3. The first-order valence-corrected chi connectivity index (χ1v) is 14.7. The predicted octanol–water partition coefficient (Wildman–Crippen LogP) is 6.45. The summed E-state index contributed by atoms with van der Waals surface area (Å²) in [5.41, 5.74) is -2.45. The fraction of sp³-hybridized carbons (Fsp3) is 0.233. The third-order valence-electron chi connectivity index (χ3n) is 7.24. The maximum atomic E-state index is 14.1. The summed E-state index contributed by atoms with van der Waals surface area (Å²) in [6, 6.07) is 20.6. The lowest BCUT2D eigenvalue weighted by Gasteiger charge is -2.37. The molecule has 0 bridgehead atoms. The van der Waals surface area contributed by atoms with E-state index in [1.165, 1.54) is 30.3 Å². The van der Waals surface area contributed by atoms with Crippen molar-refractivity contribution in [1.29, 1.82) is 0 Å². The molecule has 4 aromatic rings. The van der Waals surface area contributed by atoms with E-state index < -0.39 is 38.8 Å². The van der Waals surface area contributed by atoms with E-state index in [0.717, 1.165) is 12.1 Å². The summed E-state index contributed by atoms with van der Waals surface area (Å²) >= 11 is 0. The lowest BCUT2D eigenvalue weighted by atomic mass is 9.80. The molecule has 1 aliphatic heterocycles. The summed E-state index contributed by atoms with van der Waals surface area (Å²) in [5, 5.41) is 9.12. The van der Waals surface area contributed by atoms with Gasteiger partial charge in [0.1, 0.15) is 23.1 Å². The van der Waals surface area contributed by atoms with E-state index in [-0.39, 0.29) is 22.2 Å². The Balaban J connectivity index is 1.45. The van der Waals surface area contributed by atoms with Crippen LogP contribution in [0.1, 0.15) is 25.3 Å². The molecule has 2 aromatic carbocycles. The molecule has 1 saturated heterocycles. The van der Waals surface area contributed by atoms with E-state index in [2.05, 4.69) is 14.7 Å². The summed E-state index contributed by atoms with van der Waals surface area (Å²) < 4.78 is 76.9. The smallest absolute Gasteiger partial charge is 0.418 e. The van der Waals surface area contributed by atoms with E-state index in [4.69, 9.17) is 4.74 Å². The first-order valence-electron chi connectivity index (χ1n) is 13.2. The van der Waals surface area contributed by atoms with Gasteiger partial charge in [-0.1, -0.05) is 36.4 Å². The average molecular weight is 613 g/mol. The van der Waals surface area contributed by atoms with Crippen molar-refractivity contribution in [2.45, 2.75) is 31.0 Å². The molecule has 5 rings (SSSR count). The molecule has 2 N–H and O–H groups in total. The van der Waals surface area contributed by atoms with Gasteiger partial charge in [-0.15, -0.1) is 0 Å². The zero-order chi connectivity index (χ0) is 30.8. The first-order chi connectivity index (χ1) is 20.4. The van der Waals surface area contributed by atoms with E-state index >= 15 is 0 Å². The van der Waals surface area contributed by atoms with Crippen molar-refractivity contribution < 1.29 is 36.2 Å². The molecule has 0 amide bonds. The van der Waals surface area contributed by atoms with Crippen molar-refractivity contribution in [3.8, 4) is 22.8 Å². The average Bonchev–Trinajstić information content (AvgIpc) is 2.97.